The van der Waals surface area contributed by atoms with Crippen molar-refractivity contribution in [1.82, 2.24) is 0 Å². The standard InChI is InChI=1S/C18H16O5S/c1-2-21-10-13-12-6-3-4-7-15(12)23-17(13)18(20)22-11-14(19)16-8-5-9-24-16/h3-9H,2,10-11H2,1H3. The number of esters is 1. The fourth-order valence-electron chi connectivity index (χ4n) is 2.32. The van der Waals surface area contributed by atoms with Crippen LogP contribution in [0, 0.1) is 0 Å². The molecule has 1 aromatic carbocycles. The number of carbonyl (C=O) groups is 2. The third-order valence-corrected chi connectivity index (χ3v) is 4.38. The number of ketones is 1. The van der Waals surface area contributed by atoms with E-state index in [0.717, 1.165) is 5.39 Å². The molecule has 0 aliphatic carbocycles. The lowest BCUT2D eigenvalue weighted by atomic mass is 10.1. The SMILES string of the molecule is CCOCc1c(C(=O)OCC(=O)c2cccs2)oc2ccccc12. The summed E-state index contributed by atoms with van der Waals surface area (Å²) in [6, 6.07) is 10.8. The number of ether oxygens (including phenoxy) is 2. The number of fused-ring (bicyclic) bond motifs is 1. The average Bonchev–Trinajstić information content (AvgIpc) is 3.25. The molecule has 0 N–H and O–H groups in total. The van der Waals surface area contributed by atoms with E-state index in [1.54, 1.807) is 23.6 Å². The molecule has 0 amide bonds. The molecule has 0 aliphatic rings. The third kappa shape index (κ3) is 3.39. The Morgan fingerprint density at radius 1 is 1.17 bits per heavy atom. The summed E-state index contributed by atoms with van der Waals surface area (Å²) in [6.45, 7) is 2.33. The van der Waals surface area contributed by atoms with Crippen LogP contribution in [0.2, 0.25) is 0 Å². The molecule has 0 saturated carbocycles. The lowest BCUT2D eigenvalue weighted by Gasteiger charge is -2.04. The Bertz CT molecular complexity index is 848. The minimum atomic E-state index is -0.661. The second-order valence-electron chi connectivity index (χ2n) is 5.02. The summed E-state index contributed by atoms with van der Waals surface area (Å²) in [7, 11) is 0. The number of Topliss-reactive ketones (excluding diaryl/α,β-unsaturated/α-hetero) is 1. The number of thiophene rings is 1. The topological polar surface area (TPSA) is 65.7 Å². The molecule has 24 heavy (non-hydrogen) atoms. The van der Waals surface area contributed by atoms with Crippen molar-refractivity contribution in [2.45, 2.75) is 13.5 Å². The zero-order valence-corrected chi connectivity index (χ0v) is 13.9. The molecule has 0 radical (unpaired) electrons. The minimum Gasteiger partial charge on any atom is -0.451 e. The van der Waals surface area contributed by atoms with E-state index in [1.165, 1.54) is 11.3 Å². The Balaban J connectivity index is 1.79. The van der Waals surface area contributed by atoms with Crippen LogP contribution in [-0.2, 0) is 16.1 Å². The van der Waals surface area contributed by atoms with E-state index in [9.17, 15) is 9.59 Å². The molecule has 5 nitrogen and oxygen atoms in total. The van der Waals surface area contributed by atoms with Crippen LogP contribution in [0.5, 0.6) is 0 Å². The maximum atomic E-state index is 12.4. The second kappa shape index (κ2) is 7.42. The average molecular weight is 344 g/mol. The van der Waals surface area contributed by atoms with Gasteiger partial charge in [0.15, 0.2) is 6.61 Å². The molecule has 3 rings (SSSR count). The van der Waals surface area contributed by atoms with Crippen molar-refractivity contribution in [2.24, 2.45) is 0 Å². The van der Waals surface area contributed by atoms with Gasteiger partial charge in [-0.05, 0) is 24.4 Å². The van der Waals surface area contributed by atoms with Crippen LogP contribution in [0.15, 0.2) is 46.2 Å². The van der Waals surface area contributed by atoms with Gasteiger partial charge in [0.2, 0.25) is 11.5 Å². The van der Waals surface area contributed by atoms with Crippen LogP contribution in [0.4, 0.5) is 0 Å². The van der Waals surface area contributed by atoms with E-state index < -0.39 is 5.97 Å². The van der Waals surface area contributed by atoms with Gasteiger partial charge in [-0.2, -0.15) is 0 Å². The third-order valence-electron chi connectivity index (χ3n) is 3.46. The van der Waals surface area contributed by atoms with Crippen molar-refractivity contribution in [3.05, 3.63) is 58.0 Å². The molecule has 3 aromatic rings. The Hall–Kier alpha value is -2.44. The maximum Gasteiger partial charge on any atom is 0.375 e. The molecule has 124 valence electrons. The Morgan fingerprint density at radius 3 is 2.75 bits per heavy atom. The largest absolute Gasteiger partial charge is 0.451 e. The molecule has 0 spiro atoms. The molecule has 0 saturated heterocycles. The fraction of sp³-hybridized carbons (Fsp3) is 0.222. The number of para-hydroxylation sites is 1. The molecule has 0 fully saturated rings. The van der Waals surface area contributed by atoms with Gasteiger partial charge in [-0.3, -0.25) is 4.79 Å². The summed E-state index contributed by atoms with van der Waals surface area (Å²) in [5, 5.41) is 2.61. The van der Waals surface area contributed by atoms with Gasteiger partial charge in [0.1, 0.15) is 5.58 Å². The van der Waals surface area contributed by atoms with Crippen molar-refractivity contribution in [1.29, 1.82) is 0 Å². The highest BCUT2D eigenvalue weighted by molar-refractivity contribution is 7.12. The van der Waals surface area contributed by atoms with Crippen LogP contribution < -0.4 is 0 Å². The van der Waals surface area contributed by atoms with Crippen molar-refractivity contribution in [2.75, 3.05) is 13.2 Å². The Morgan fingerprint density at radius 2 is 2.00 bits per heavy atom. The molecule has 2 aromatic heterocycles. The van der Waals surface area contributed by atoms with Gasteiger partial charge in [0.05, 0.1) is 11.5 Å². The number of benzene rings is 1. The predicted octanol–water partition coefficient (Wildman–Crippen LogP) is 4.07. The lowest BCUT2D eigenvalue weighted by Crippen LogP contribution is -2.14. The zero-order valence-electron chi connectivity index (χ0n) is 13.1. The minimum absolute atomic E-state index is 0.0867. The summed E-state index contributed by atoms with van der Waals surface area (Å²) < 4.78 is 16.2. The molecular formula is C18H16O5S. The highest BCUT2D eigenvalue weighted by atomic mass is 32.1. The van der Waals surface area contributed by atoms with Gasteiger partial charge in [-0.15, -0.1) is 11.3 Å². The van der Waals surface area contributed by atoms with Gasteiger partial charge in [-0.25, -0.2) is 4.79 Å². The first-order valence-electron chi connectivity index (χ1n) is 7.52. The van der Waals surface area contributed by atoms with Crippen molar-refractivity contribution < 1.29 is 23.5 Å². The van der Waals surface area contributed by atoms with Crippen molar-refractivity contribution in [3.8, 4) is 0 Å². The Kier molecular flexibility index (Phi) is 5.08. The molecule has 0 bridgehead atoms. The summed E-state index contributed by atoms with van der Waals surface area (Å²) in [6.07, 6.45) is 0. The van der Waals surface area contributed by atoms with Gasteiger partial charge >= 0.3 is 5.97 Å². The number of carbonyl (C=O) groups excluding carboxylic acids is 2. The first-order valence-corrected chi connectivity index (χ1v) is 8.40. The highest BCUT2D eigenvalue weighted by Crippen LogP contribution is 2.27. The van der Waals surface area contributed by atoms with Crippen LogP contribution in [0.1, 0.15) is 32.7 Å². The van der Waals surface area contributed by atoms with Gasteiger partial charge in [0.25, 0.3) is 0 Å². The summed E-state index contributed by atoms with van der Waals surface area (Å²) in [5.41, 5.74) is 1.23. The summed E-state index contributed by atoms with van der Waals surface area (Å²) in [5.74, 6) is -0.810. The lowest BCUT2D eigenvalue weighted by molar-refractivity contribution is 0.0440. The molecule has 0 aliphatic heterocycles. The molecule has 0 atom stereocenters. The van der Waals surface area contributed by atoms with Gasteiger partial charge < -0.3 is 13.9 Å². The number of hydrogen-bond acceptors (Lipinski definition) is 6. The quantitative estimate of drug-likeness (QED) is 0.477. The Labute approximate surface area is 142 Å². The molecule has 0 unspecified atom stereocenters. The zero-order chi connectivity index (χ0) is 16.9. The molecule has 6 heteroatoms. The number of furan rings is 1. The highest BCUT2D eigenvalue weighted by Gasteiger charge is 2.23. The van der Waals surface area contributed by atoms with Crippen LogP contribution >= 0.6 is 11.3 Å². The van der Waals surface area contributed by atoms with Crippen LogP contribution in [-0.4, -0.2) is 25.0 Å². The molecule has 2 heterocycles. The van der Waals surface area contributed by atoms with E-state index in [4.69, 9.17) is 13.9 Å². The predicted molar refractivity (Wildman–Crippen MR) is 90.5 cm³/mol. The second-order valence-corrected chi connectivity index (χ2v) is 5.97. The fourth-order valence-corrected chi connectivity index (χ4v) is 2.97. The molecular weight excluding hydrogens is 328 g/mol. The van der Waals surface area contributed by atoms with Crippen LogP contribution in [0.3, 0.4) is 0 Å². The number of hydrogen-bond donors (Lipinski definition) is 0. The van der Waals surface area contributed by atoms with E-state index in [1.807, 2.05) is 25.1 Å². The van der Waals surface area contributed by atoms with Gasteiger partial charge in [-0.1, -0.05) is 24.3 Å². The normalized spacial score (nSPS) is 10.9. The number of rotatable bonds is 7. The maximum absolute atomic E-state index is 12.4. The summed E-state index contributed by atoms with van der Waals surface area (Å²) >= 11 is 1.31. The summed E-state index contributed by atoms with van der Waals surface area (Å²) in [4.78, 5) is 24.9. The van der Waals surface area contributed by atoms with Crippen molar-refractivity contribution >= 4 is 34.1 Å². The van der Waals surface area contributed by atoms with Crippen molar-refractivity contribution in [3.63, 3.8) is 0 Å². The van der Waals surface area contributed by atoms with Crippen LogP contribution in [0.25, 0.3) is 11.0 Å². The van der Waals surface area contributed by atoms with E-state index >= 15 is 0 Å². The van der Waals surface area contributed by atoms with E-state index in [-0.39, 0.29) is 24.8 Å². The van der Waals surface area contributed by atoms with Gasteiger partial charge in [0, 0.05) is 17.6 Å². The first-order chi connectivity index (χ1) is 11.7. The first kappa shape index (κ1) is 16.4. The monoisotopic (exact) mass is 344 g/mol. The van der Waals surface area contributed by atoms with E-state index in [0.29, 0.717) is 22.6 Å². The van der Waals surface area contributed by atoms with E-state index in [2.05, 4.69) is 0 Å². The smallest absolute Gasteiger partial charge is 0.375 e.